The monoisotopic (exact) mass is 168 g/mol. The zero-order valence-corrected chi connectivity index (χ0v) is 8.49. The molecule has 0 aromatic carbocycles. The zero-order valence-electron chi connectivity index (χ0n) is 5.58. The minimum absolute atomic E-state index is 1.20. The molecule has 50 valence electrons. The molecule has 0 saturated heterocycles. The van der Waals surface area contributed by atoms with Gasteiger partial charge in [0.15, 0.2) is 7.38 Å². The first kappa shape index (κ1) is 8.94. The van der Waals surface area contributed by atoms with Crippen molar-refractivity contribution in [2.24, 2.45) is 0 Å². The molecule has 0 bridgehead atoms. The fraction of sp³-hybridized carbons (Fsp3) is 1.00. The van der Waals surface area contributed by atoms with Gasteiger partial charge in [0.25, 0.3) is 0 Å². The molecule has 3 heteroatoms. The molecule has 0 radical (unpaired) electrons. The van der Waals surface area contributed by atoms with Crippen LogP contribution in [0.25, 0.3) is 0 Å². The van der Waals surface area contributed by atoms with E-state index in [1.165, 1.54) is 18.6 Å². The summed E-state index contributed by atoms with van der Waals surface area (Å²) in [4.78, 5) is 0. The van der Waals surface area contributed by atoms with Crippen LogP contribution in [0.3, 0.4) is 0 Å². The molecule has 0 aliphatic carbocycles. The molecule has 0 spiro atoms. The van der Waals surface area contributed by atoms with Gasteiger partial charge in [0.05, 0.1) is 0 Å². The first-order chi connectivity index (χ1) is 3.56. The Hall–Kier alpha value is 0.937. The Morgan fingerprint density at radius 2 is 2.00 bits per heavy atom. The molecule has 1 unspecified atom stereocenters. The zero-order chi connectivity index (χ0) is 6.62. The number of hydrogen-bond acceptors (Lipinski definition) is 0. The van der Waals surface area contributed by atoms with Crippen LogP contribution >= 0.6 is 20.3 Å². The highest BCUT2D eigenvalue weighted by atomic mass is 35.6. The van der Waals surface area contributed by atoms with Gasteiger partial charge >= 0.3 is 0 Å². The molecule has 0 amide bonds. The predicted molar refractivity (Wildman–Crippen MR) is 47.3 cm³/mol. The first-order valence-corrected chi connectivity index (χ1v) is 7.99. The Balaban J connectivity index is 3.11. The third kappa shape index (κ3) is 6.94. The molecule has 0 aliphatic heterocycles. The SMILES string of the molecule is C[Si](C)(Cl)CCCP. The summed E-state index contributed by atoms with van der Waals surface area (Å²) in [5, 5.41) is 0. The molecule has 0 aliphatic rings. The first-order valence-electron chi connectivity index (χ1n) is 2.95. The second kappa shape index (κ2) is 3.87. The Kier molecular flexibility index (Phi) is 4.32. The van der Waals surface area contributed by atoms with Crippen LogP contribution in [0.4, 0.5) is 0 Å². The predicted octanol–water partition coefficient (Wildman–Crippen LogP) is 2.70. The summed E-state index contributed by atoms with van der Waals surface area (Å²) < 4.78 is 0. The lowest BCUT2D eigenvalue weighted by atomic mass is 10.6. The molecule has 0 aromatic rings. The fourth-order valence-electron chi connectivity index (χ4n) is 0.522. The van der Waals surface area contributed by atoms with E-state index >= 15 is 0 Å². The summed E-state index contributed by atoms with van der Waals surface area (Å²) in [6.07, 6.45) is 2.47. The minimum atomic E-state index is -1.22. The summed E-state index contributed by atoms with van der Waals surface area (Å²) in [7, 11) is 1.50. The standard InChI is InChI=1S/C5H14ClPSi/c1-8(2,6)5-3-4-7/h3-5,7H2,1-2H3. The summed E-state index contributed by atoms with van der Waals surface area (Å²) in [6, 6.07) is 1.25. The van der Waals surface area contributed by atoms with Gasteiger partial charge in [0.1, 0.15) is 0 Å². The van der Waals surface area contributed by atoms with E-state index in [9.17, 15) is 0 Å². The molecule has 0 rings (SSSR count). The van der Waals surface area contributed by atoms with Crippen molar-refractivity contribution in [2.75, 3.05) is 6.16 Å². The van der Waals surface area contributed by atoms with E-state index in [0.29, 0.717) is 0 Å². The lowest BCUT2D eigenvalue weighted by Gasteiger charge is -2.09. The van der Waals surface area contributed by atoms with Gasteiger partial charge in [0.2, 0.25) is 0 Å². The van der Waals surface area contributed by atoms with Crippen LogP contribution in [-0.4, -0.2) is 13.5 Å². The molecule has 1 atom stereocenters. The van der Waals surface area contributed by atoms with Gasteiger partial charge in [-0.15, -0.1) is 9.24 Å². The summed E-state index contributed by atoms with van der Waals surface area (Å²) in [6.45, 7) is 4.38. The van der Waals surface area contributed by atoms with Gasteiger partial charge in [-0.25, -0.2) is 0 Å². The number of hydrogen-bond donors (Lipinski definition) is 0. The van der Waals surface area contributed by atoms with E-state index in [1.807, 2.05) is 0 Å². The van der Waals surface area contributed by atoms with Crippen molar-refractivity contribution in [1.29, 1.82) is 0 Å². The van der Waals surface area contributed by atoms with E-state index in [4.69, 9.17) is 11.1 Å². The van der Waals surface area contributed by atoms with E-state index in [0.717, 1.165) is 0 Å². The maximum atomic E-state index is 6.04. The van der Waals surface area contributed by atoms with Crippen LogP contribution < -0.4 is 0 Å². The van der Waals surface area contributed by atoms with Gasteiger partial charge in [0, 0.05) is 0 Å². The maximum absolute atomic E-state index is 6.04. The highest BCUT2D eigenvalue weighted by Gasteiger charge is 2.14. The van der Waals surface area contributed by atoms with Crippen LogP contribution in [0, 0.1) is 0 Å². The lowest BCUT2D eigenvalue weighted by Crippen LogP contribution is -2.15. The highest BCUT2D eigenvalue weighted by molar-refractivity contribution is 7.19. The van der Waals surface area contributed by atoms with Crippen LogP contribution in [0.2, 0.25) is 19.1 Å². The van der Waals surface area contributed by atoms with Gasteiger partial charge in [-0.3, -0.25) is 0 Å². The summed E-state index contributed by atoms with van der Waals surface area (Å²) in [5.41, 5.74) is 0. The average Bonchev–Trinajstić information content (AvgIpc) is 1.59. The van der Waals surface area contributed by atoms with Crippen LogP contribution in [-0.2, 0) is 0 Å². The molecular weight excluding hydrogens is 155 g/mol. The van der Waals surface area contributed by atoms with Crippen molar-refractivity contribution in [2.45, 2.75) is 25.6 Å². The Morgan fingerprint density at radius 1 is 1.50 bits per heavy atom. The second-order valence-electron chi connectivity index (χ2n) is 2.61. The van der Waals surface area contributed by atoms with Gasteiger partial charge in [-0.2, -0.15) is 11.1 Å². The molecule has 0 fully saturated rings. The third-order valence-electron chi connectivity index (χ3n) is 0.975. The van der Waals surface area contributed by atoms with E-state index < -0.39 is 7.38 Å². The van der Waals surface area contributed by atoms with Gasteiger partial charge < -0.3 is 0 Å². The molecule has 0 saturated carbocycles. The van der Waals surface area contributed by atoms with Crippen molar-refractivity contribution in [3.05, 3.63) is 0 Å². The number of halogens is 1. The second-order valence-corrected chi connectivity index (χ2v) is 10.2. The average molecular weight is 169 g/mol. The van der Waals surface area contributed by atoms with Crippen molar-refractivity contribution in [3.8, 4) is 0 Å². The molecule has 8 heavy (non-hydrogen) atoms. The van der Waals surface area contributed by atoms with Crippen molar-refractivity contribution in [3.63, 3.8) is 0 Å². The quantitative estimate of drug-likeness (QED) is 0.345. The molecule has 0 aromatic heterocycles. The molecule has 0 heterocycles. The minimum Gasteiger partial charge on any atom is -0.168 e. The van der Waals surface area contributed by atoms with Crippen LogP contribution in [0.15, 0.2) is 0 Å². The third-order valence-corrected chi connectivity index (χ3v) is 3.49. The maximum Gasteiger partial charge on any atom is 0.150 e. The summed E-state index contributed by atoms with van der Waals surface area (Å²) >= 11 is 6.04. The van der Waals surface area contributed by atoms with Crippen LogP contribution in [0.5, 0.6) is 0 Å². The van der Waals surface area contributed by atoms with E-state index in [1.54, 1.807) is 0 Å². The largest absolute Gasteiger partial charge is 0.168 e. The van der Waals surface area contributed by atoms with Gasteiger partial charge in [-0.05, 0) is 12.2 Å². The van der Waals surface area contributed by atoms with Crippen molar-refractivity contribution in [1.82, 2.24) is 0 Å². The Morgan fingerprint density at radius 3 is 2.12 bits per heavy atom. The summed E-state index contributed by atoms with van der Waals surface area (Å²) in [5.74, 6) is 0. The lowest BCUT2D eigenvalue weighted by molar-refractivity contribution is 1.08. The van der Waals surface area contributed by atoms with Gasteiger partial charge in [-0.1, -0.05) is 19.5 Å². The Bertz CT molecular complexity index is 59.9. The van der Waals surface area contributed by atoms with Crippen molar-refractivity contribution < 1.29 is 0 Å². The van der Waals surface area contributed by atoms with Crippen molar-refractivity contribution >= 4 is 27.7 Å². The fourth-order valence-corrected chi connectivity index (χ4v) is 2.58. The normalized spacial score (nSPS) is 12.0. The van der Waals surface area contributed by atoms with Crippen LogP contribution in [0.1, 0.15) is 6.42 Å². The van der Waals surface area contributed by atoms with E-state index in [2.05, 4.69) is 22.3 Å². The highest BCUT2D eigenvalue weighted by Crippen LogP contribution is 2.16. The Labute approximate surface area is 59.9 Å². The molecular formula is C5H14ClPSi. The molecule has 0 nitrogen and oxygen atoms in total. The smallest absolute Gasteiger partial charge is 0.150 e. The number of rotatable bonds is 3. The molecule has 0 N–H and O–H groups in total. The van der Waals surface area contributed by atoms with E-state index in [-0.39, 0.29) is 0 Å². The topological polar surface area (TPSA) is 0 Å².